The highest BCUT2D eigenvalue weighted by atomic mass is 16.5. The summed E-state index contributed by atoms with van der Waals surface area (Å²) in [6.07, 6.45) is -0.365. The van der Waals surface area contributed by atoms with Crippen LogP contribution in [0.3, 0.4) is 0 Å². The van der Waals surface area contributed by atoms with Crippen LogP contribution >= 0.6 is 0 Å². The number of hydrogen-bond acceptors (Lipinski definition) is 4. The first-order valence-corrected chi connectivity index (χ1v) is 11.8. The van der Waals surface area contributed by atoms with Crippen LogP contribution in [0.2, 0.25) is 0 Å². The third kappa shape index (κ3) is 5.54. The van der Waals surface area contributed by atoms with Crippen molar-refractivity contribution in [1.82, 2.24) is 0 Å². The summed E-state index contributed by atoms with van der Waals surface area (Å²) < 4.78 is 5.95. The van der Waals surface area contributed by atoms with Crippen LogP contribution in [0.5, 0.6) is 5.75 Å². The molecule has 0 heterocycles. The van der Waals surface area contributed by atoms with Crippen LogP contribution < -0.4 is 4.74 Å². The summed E-state index contributed by atoms with van der Waals surface area (Å²) in [5, 5.41) is 30.4. The largest absolute Gasteiger partial charge is 0.491 e. The molecule has 0 aliphatic carbocycles. The topological polar surface area (TPSA) is 69.9 Å². The number of ether oxygens (including phenoxy) is 1. The second-order valence-electron chi connectivity index (χ2n) is 10.2. The third-order valence-corrected chi connectivity index (χ3v) is 6.93. The lowest BCUT2D eigenvalue weighted by molar-refractivity contribution is 0.0216. The van der Waals surface area contributed by atoms with Crippen LogP contribution in [-0.4, -0.2) is 34.1 Å². The lowest BCUT2D eigenvalue weighted by atomic mass is 9.69. The second kappa shape index (κ2) is 10.4. The van der Waals surface area contributed by atoms with Gasteiger partial charge in [-0.1, -0.05) is 65.0 Å². The quantitative estimate of drug-likeness (QED) is 0.472. The molecule has 3 N–H and O–H groups in total. The first kappa shape index (κ1) is 26.4. The molecule has 2 rings (SSSR count). The van der Waals surface area contributed by atoms with Gasteiger partial charge in [0.25, 0.3) is 0 Å². The van der Waals surface area contributed by atoms with Gasteiger partial charge in [0.1, 0.15) is 18.5 Å². The summed E-state index contributed by atoms with van der Waals surface area (Å²) in [6, 6.07) is 12.5. The Morgan fingerprint density at radius 1 is 0.844 bits per heavy atom. The van der Waals surface area contributed by atoms with Crippen molar-refractivity contribution in [3.8, 4) is 5.75 Å². The molecule has 3 unspecified atom stereocenters. The zero-order chi connectivity index (χ0) is 24.3. The van der Waals surface area contributed by atoms with Crippen molar-refractivity contribution >= 4 is 0 Å². The van der Waals surface area contributed by atoms with Gasteiger partial charge in [0.2, 0.25) is 0 Å². The molecule has 178 valence electrons. The third-order valence-electron chi connectivity index (χ3n) is 6.93. The minimum Gasteiger partial charge on any atom is -0.491 e. The minimum atomic E-state index is -0.885. The second-order valence-corrected chi connectivity index (χ2v) is 10.2. The molecule has 0 radical (unpaired) electrons. The Labute approximate surface area is 194 Å². The van der Waals surface area contributed by atoms with Crippen molar-refractivity contribution < 1.29 is 20.1 Å². The summed E-state index contributed by atoms with van der Waals surface area (Å²) in [4.78, 5) is 0. The molecule has 0 saturated heterocycles. The molecular formula is C28H42O4. The van der Waals surface area contributed by atoms with Crippen molar-refractivity contribution in [3.05, 3.63) is 64.2 Å². The van der Waals surface area contributed by atoms with E-state index < -0.39 is 18.3 Å². The summed E-state index contributed by atoms with van der Waals surface area (Å²) in [5.41, 5.74) is 4.85. The van der Waals surface area contributed by atoms with E-state index in [1.54, 1.807) is 6.92 Å². The van der Waals surface area contributed by atoms with Gasteiger partial charge < -0.3 is 20.1 Å². The molecule has 0 aromatic heterocycles. The molecule has 4 nitrogen and oxygen atoms in total. The lowest BCUT2D eigenvalue weighted by Crippen LogP contribution is -2.32. The van der Waals surface area contributed by atoms with Crippen molar-refractivity contribution in [1.29, 1.82) is 0 Å². The highest BCUT2D eigenvalue weighted by Gasteiger charge is 2.32. The van der Waals surface area contributed by atoms with E-state index in [9.17, 15) is 15.3 Å². The Morgan fingerprint density at radius 2 is 1.38 bits per heavy atom. The number of hydrogen-bond donors (Lipinski definition) is 3. The SMILES string of the molecule is CCC(CC)(c1ccc(OCC(O)C(C)(C)C)c(C)c1)c1ccc(C(O)C(C)O)c(C)c1. The fourth-order valence-electron chi connectivity index (χ4n) is 4.33. The van der Waals surface area contributed by atoms with E-state index in [1.165, 1.54) is 11.1 Å². The number of aryl methyl sites for hydroxylation is 2. The van der Waals surface area contributed by atoms with E-state index in [2.05, 4.69) is 38.1 Å². The summed E-state index contributed by atoms with van der Waals surface area (Å²) in [6.45, 7) is 16.3. The first-order chi connectivity index (χ1) is 14.9. The average Bonchev–Trinajstić information content (AvgIpc) is 2.73. The molecule has 4 heteroatoms. The molecule has 3 atom stereocenters. The molecule has 32 heavy (non-hydrogen) atoms. The predicted octanol–water partition coefficient (Wildman–Crippen LogP) is 5.61. The van der Waals surface area contributed by atoms with Gasteiger partial charge in [-0.3, -0.25) is 0 Å². The van der Waals surface area contributed by atoms with Crippen LogP contribution in [0.1, 0.15) is 88.3 Å². The Balaban J connectivity index is 2.39. The summed E-state index contributed by atoms with van der Waals surface area (Å²) in [5.74, 6) is 0.796. The van der Waals surface area contributed by atoms with Crippen molar-refractivity contribution in [2.45, 2.75) is 92.0 Å². The fourth-order valence-corrected chi connectivity index (χ4v) is 4.33. The predicted molar refractivity (Wildman–Crippen MR) is 131 cm³/mol. The maximum absolute atomic E-state index is 10.3. The van der Waals surface area contributed by atoms with Crippen LogP contribution in [0, 0.1) is 19.3 Å². The Kier molecular flexibility index (Phi) is 8.55. The van der Waals surface area contributed by atoms with E-state index >= 15 is 0 Å². The normalized spacial score (nSPS) is 15.3. The molecule has 0 aliphatic rings. The maximum Gasteiger partial charge on any atom is 0.122 e. The van der Waals surface area contributed by atoms with Gasteiger partial charge >= 0.3 is 0 Å². The Hall–Kier alpha value is -1.88. The van der Waals surface area contributed by atoms with Crippen molar-refractivity contribution in [2.24, 2.45) is 5.41 Å². The molecule has 0 aliphatic heterocycles. The van der Waals surface area contributed by atoms with Crippen LogP contribution in [0.4, 0.5) is 0 Å². The van der Waals surface area contributed by atoms with E-state index in [1.807, 2.05) is 46.8 Å². The van der Waals surface area contributed by atoms with Gasteiger partial charge in [-0.15, -0.1) is 0 Å². The smallest absolute Gasteiger partial charge is 0.122 e. The van der Waals surface area contributed by atoms with Crippen molar-refractivity contribution in [3.63, 3.8) is 0 Å². The molecule has 0 saturated carbocycles. The molecule has 0 spiro atoms. The van der Waals surface area contributed by atoms with Gasteiger partial charge in [-0.2, -0.15) is 0 Å². The summed E-state index contributed by atoms with van der Waals surface area (Å²) >= 11 is 0. The zero-order valence-electron chi connectivity index (χ0n) is 21.1. The van der Waals surface area contributed by atoms with E-state index in [0.717, 1.165) is 35.3 Å². The Bertz CT molecular complexity index is 891. The molecule has 0 amide bonds. The fraction of sp³-hybridized carbons (Fsp3) is 0.571. The van der Waals surface area contributed by atoms with Gasteiger partial charge in [-0.25, -0.2) is 0 Å². The standard InChI is InChI=1S/C28H42O4/c1-9-28(10-2,21-11-13-23(18(3)15-21)26(31)20(5)29)22-12-14-24(19(4)16-22)32-17-25(30)27(6,7)8/h11-16,20,25-26,29-31H,9-10,17H2,1-8H3. The van der Waals surface area contributed by atoms with Gasteiger partial charge in [0.15, 0.2) is 0 Å². The summed E-state index contributed by atoms with van der Waals surface area (Å²) in [7, 11) is 0. The Morgan fingerprint density at radius 3 is 1.81 bits per heavy atom. The maximum atomic E-state index is 10.3. The highest BCUT2D eigenvalue weighted by molar-refractivity contribution is 5.47. The van der Waals surface area contributed by atoms with E-state index in [0.29, 0.717) is 0 Å². The highest BCUT2D eigenvalue weighted by Crippen LogP contribution is 2.41. The lowest BCUT2D eigenvalue weighted by Gasteiger charge is -2.34. The number of aliphatic hydroxyl groups is 3. The molecule has 0 fully saturated rings. The van der Waals surface area contributed by atoms with Crippen LogP contribution in [-0.2, 0) is 5.41 Å². The molecule has 2 aromatic carbocycles. The monoisotopic (exact) mass is 442 g/mol. The number of benzene rings is 2. The average molecular weight is 443 g/mol. The minimum absolute atomic E-state index is 0.159. The van der Waals surface area contributed by atoms with E-state index in [-0.39, 0.29) is 17.4 Å². The van der Waals surface area contributed by atoms with E-state index in [4.69, 9.17) is 4.74 Å². The molecule has 0 bridgehead atoms. The van der Waals surface area contributed by atoms with Crippen LogP contribution in [0.25, 0.3) is 0 Å². The van der Waals surface area contributed by atoms with Crippen molar-refractivity contribution in [2.75, 3.05) is 6.61 Å². The molecular weight excluding hydrogens is 400 g/mol. The first-order valence-electron chi connectivity index (χ1n) is 11.8. The van der Waals surface area contributed by atoms with Gasteiger partial charge in [0, 0.05) is 5.41 Å². The van der Waals surface area contributed by atoms with Crippen LogP contribution in [0.15, 0.2) is 36.4 Å². The molecule has 2 aromatic rings. The number of aliphatic hydroxyl groups excluding tert-OH is 3. The van der Waals surface area contributed by atoms with Gasteiger partial charge in [0.05, 0.1) is 12.2 Å². The zero-order valence-corrected chi connectivity index (χ0v) is 21.1. The number of rotatable bonds is 9. The van der Waals surface area contributed by atoms with Gasteiger partial charge in [-0.05, 0) is 72.9 Å².